The van der Waals surface area contributed by atoms with Crippen molar-refractivity contribution >= 4 is 17.3 Å². The molecular weight excluding hydrogens is 480 g/mol. The van der Waals surface area contributed by atoms with E-state index in [9.17, 15) is 25.1 Å². The van der Waals surface area contributed by atoms with Crippen LogP contribution < -0.4 is 4.90 Å². The molecule has 2 N–H and O–H groups in total. The molecule has 0 radical (unpaired) electrons. The van der Waals surface area contributed by atoms with E-state index in [1.165, 1.54) is 12.1 Å². The number of aryl methyl sites for hydroxylation is 4. The van der Waals surface area contributed by atoms with Gasteiger partial charge in [-0.05, 0) is 72.7 Å². The Balaban J connectivity index is 1.78. The van der Waals surface area contributed by atoms with Crippen LogP contribution >= 0.6 is 0 Å². The Morgan fingerprint density at radius 1 is 0.789 bits per heavy atom. The highest BCUT2D eigenvalue weighted by Crippen LogP contribution is 2.52. The predicted octanol–water partition coefficient (Wildman–Crippen LogP) is 6.12. The van der Waals surface area contributed by atoms with E-state index < -0.39 is 10.3 Å². The Morgan fingerprint density at radius 2 is 1.26 bits per heavy atom. The number of carbonyl (C=O) groups is 1. The Kier molecular flexibility index (Phi) is 5.94. The van der Waals surface area contributed by atoms with Crippen LogP contribution in [0.4, 0.5) is 11.4 Å². The summed E-state index contributed by atoms with van der Waals surface area (Å²) < 4.78 is 0. The number of nitrogens with zero attached hydrogens (tertiary/aromatic N) is 2. The molecular formula is C31H28N2O5. The highest BCUT2D eigenvalue weighted by molar-refractivity contribution is 6.13. The lowest BCUT2D eigenvalue weighted by Crippen LogP contribution is -2.42. The molecule has 1 heterocycles. The molecule has 1 aliphatic heterocycles. The van der Waals surface area contributed by atoms with Crippen molar-refractivity contribution in [2.24, 2.45) is 0 Å². The van der Waals surface area contributed by atoms with Crippen molar-refractivity contribution in [2.75, 3.05) is 4.90 Å². The number of amides is 1. The first-order valence-electron chi connectivity index (χ1n) is 12.3. The average Bonchev–Trinajstić information content (AvgIpc) is 3.14. The van der Waals surface area contributed by atoms with E-state index in [1.807, 2.05) is 76.2 Å². The number of nitro groups is 1. The number of para-hydroxylation sites is 1. The number of aromatic hydroxyl groups is 2. The van der Waals surface area contributed by atoms with Crippen LogP contribution in [0.3, 0.4) is 0 Å². The molecule has 1 amide bonds. The lowest BCUT2D eigenvalue weighted by atomic mass is 9.69. The second-order valence-corrected chi connectivity index (χ2v) is 10.00. The quantitative estimate of drug-likeness (QED) is 0.250. The smallest absolute Gasteiger partial charge is 0.269 e. The van der Waals surface area contributed by atoms with Crippen molar-refractivity contribution in [3.63, 3.8) is 0 Å². The minimum atomic E-state index is -1.23. The number of phenolic OH excluding ortho intramolecular Hbond substituents is 2. The number of carbonyl (C=O) groups excluding carboxylic acids is 1. The van der Waals surface area contributed by atoms with E-state index in [0.717, 1.165) is 27.9 Å². The summed E-state index contributed by atoms with van der Waals surface area (Å²) in [7, 11) is 0. The van der Waals surface area contributed by atoms with Crippen LogP contribution in [0.25, 0.3) is 0 Å². The topological polar surface area (TPSA) is 104 Å². The van der Waals surface area contributed by atoms with Gasteiger partial charge in [-0.15, -0.1) is 0 Å². The second-order valence-electron chi connectivity index (χ2n) is 10.00. The largest absolute Gasteiger partial charge is 0.507 e. The van der Waals surface area contributed by atoms with Crippen LogP contribution in [-0.4, -0.2) is 21.0 Å². The number of rotatable bonds is 5. The first-order chi connectivity index (χ1) is 18.0. The van der Waals surface area contributed by atoms with Gasteiger partial charge >= 0.3 is 0 Å². The zero-order chi connectivity index (χ0) is 27.4. The summed E-state index contributed by atoms with van der Waals surface area (Å²) in [4.78, 5) is 27.2. The number of non-ortho nitro benzene ring substituents is 1. The van der Waals surface area contributed by atoms with Gasteiger partial charge in [0.1, 0.15) is 16.9 Å². The molecule has 0 aromatic heterocycles. The number of nitro benzene ring substituents is 1. The van der Waals surface area contributed by atoms with Gasteiger partial charge in [-0.25, -0.2) is 0 Å². The highest BCUT2D eigenvalue weighted by atomic mass is 16.6. The number of benzene rings is 4. The van der Waals surface area contributed by atoms with Crippen LogP contribution in [0.15, 0.2) is 72.8 Å². The third-order valence-electron chi connectivity index (χ3n) is 7.50. The number of hydrogen-bond donors (Lipinski definition) is 2. The third-order valence-corrected chi connectivity index (χ3v) is 7.50. The molecule has 5 rings (SSSR count). The monoisotopic (exact) mass is 508 g/mol. The fourth-order valence-corrected chi connectivity index (χ4v) is 5.59. The van der Waals surface area contributed by atoms with Gasteiger partial charge in [0.05, 0.1) is 11.5 Å². The first-order valence-corrected chi connectivity index (χ1v) is 12.3. The van der Waals surface area contributed by atoms with Gasteiger partial charge in [0.15, 0.2) is 0 Å². The van der Waals surface area contributed by atoms with Crippen molar-refractivity contribution in [1.29, 1.82) is 0 Å². The minimum absolute atomic E-state index is 0.0127. The number of phenols is 2. The van der Waals surface area contributed by atoms with Crippen LogP contribution in [0.1, 0.15) is 44.5 Å². The molecule has 0 saturated carbocycles. The maximum atomic E-state index is 14.8. The second kappa shape index (κ2) is 9.03. The van der Waals surface area contributed by atoms with E-state index in [4.69, 9.17) is 0 Å². The molecule has 0 saturated heterocycles. The molecule has 0 fully saturated rings. The molecule has 38 heavy (non-hydrogen) atoms. The molecule has 192 valence electrons. The molecule has 4 aromatic rings. The van der Waals surface area contributed by atoms with Crippen molar-refractivity contribution in [1.82, 2.24) is 0 Å². The van der Waals surface area contributed by atoms with Crippen molar-refractivity contribution in [3.8, 4) is 11.5 Å². The molecule has 0 aliphatic carbocycles. The standard InChI is InChI=1S/C31H28N2O5/c1-18-13-23(14-19(2)28(18)34)31(24-15-20(3)29(35)21(4)16-24)26-7-5-6-8-27(26)32(30(31)36)17-22-9-11-25(12-10-22)33(37)38/h5-16,34-35H,17H2,1-4H3. The Hall–Kier alpha value is -4.65. The molecule has 1 aliphatic rings. The highest BCUT2D eigenvalue weighted by Gasteiger charge is 2.53. The Morgan fingerprint density at radius 3 is 1.74 bits per heavy atom. The van der Waals surface area contributed by atoms with E-state index >= 15 is 0 Å². The van der Waals surface area contributed by atoms with Crippen LogP contribution in [-0.2, 0) is 16.8 Å². The SMILES string of the molecule is Cc1cc(C2(c3cc(C)c(O)c(C)c3)C(=O)N(Cc3ccc([N+](=O)[O-])cc3)c3ccccc32)cc(C)c1O. The van der Waals surface area contributed by atoms with E-state index in [1.54, 1.807) is 17.0 Å². The summed E-state index contributed by atoms with van der Waals surface area (Å²) in [5.41, 5.74) is 5.12. The molecule has 0 atom stereocenters. The maximum absolute atomic E-state index is 14.8. The summed E-state index contributed by atoms with van der Waals surface area (Å²) in [6.07, 6.45) is 0. The lowest BCUT2D eigenvalue weighted by Gasteiger charge is -2.32. The van der Waals surface area contributed by atoms with Crippen LogP contribution in [0.5, 0.6) is 11.5 Å². The summed E-state index contributed by atoms with van der Waals surface area (Å²) in [5.74, 6) is 0.193. The normalized spacial score (nSPS) is 14.0. The molecule has 0 bridgehead atoms. The van der Waals surface area contributed by atoms with Crippen LogP contribution in [0.2, 0.25) is 0 Å². The molecule has 0 spiro atoms. The third kappa shape index (κ3) is 3.70. The van der Waals surface area contributed by atoms with Gasteiger partial charge in [0.2, 0.25) is 5.91 Å². The zero-order valence-corrected chi connectivity index (χ0v) is 21.6. The Bertz CT molecular complexity index is 1500. The summed E-state index contributed by atoms with van der Waals surface area (Å²) >= 11 is 0. The first kappa shape index (κ1) is 25.0. The predicted molar refractivity (Wildman–Crippen MR) is 146 cm³/mol. The number of anilines is 1. The van der Waals surface area contributed by atoms with Crippen molar-refractivity contribution in [2.45, 2.75) is 39.7 Å². The molecule has 7 heteroatoms. The summed E-state index contributed by atoms with van der Waals surface area (Å²) in [5, 5.41) is 32.2. The van der Waals surface area contributed by atoms with Crippen molar-refractivity contribution < 1.29 is 19.9 Å². The van der Waals surface area contributed by atoms with Gasteiger partial charge in [-0.2, -0.15) is 0 Å². The molecule has 0 unspecified atom stereocenters. The zero-order valence-electron chi connectivity index (χ0n) is 21.6. The lowest BCUT2D eigenvalue weighted by molar-refractivity contribution is -0.384. The fourth-order valence-electron chi connectivity index (χ4n) is 5.59. The van der Waals surface area contributed by atoms with Gasteiger partial charge in [0, 0.05) is 23.4 Å². The number of fused-ring (bicyclic) bond motifs is 1. The van der Waals surface area contributed by atoms with E-state index in [-0.39, 0.29) is 29.6 Å². The molecule has 4 aromatic carbocycles. The van der Waals surface area contributed by atoms with Crippen molar-refractivity contribution in [3.05, 3.63) is 127 Å². The Labute approximate surface area is 220 Å². The minimum Gasteiger partial charge on any atom is -0.507 e. The number of hydrogen-bond acceptors (Lipinski definition) is 5. The fraction of sp³-hybridized carbons (Fsp3) is 0.194. The summed E-state index contributed by atoms with van der Waals surface area (Å²) in [6.45, 7) is 7.47. The van der Waals surface area contributed by atoms with Gasteiger partial charge < -0.3 is 15.1 Å². The average molecular weight is 509 g/mol. The van der Waals surface area contributed by atoms with E-state index in [2.05, 4.69) is 0 Å². The maximum Gasteiger partial charge on any atom is 0.269 e. The van der Waals surface area contributed by atoms with Gasteiger partial charge in [0.25, 0.3) is 5.69 Å². The van der Waals surface area contributed by atoms with Gasteiger partial charge in [-0.3, -0.25) is 14.9 Å². The van der Waals surface area contributed by atoms with Gasteiger partial charge in [-0.1, -0.05) is 54.6 Å². The molecule has 7 nitrogen and oxygen atoms in total. The summed E-state index contributed by atoms with van der Waals surface area (Å²) in [6, 6.07) is 21.2. The van der Waals surface area contributed by atoms with E-state index in [0.29, 0.717) is 22.3 Å². The van der Waals surface area contributed by atoms with Crippen LogP contribution in [0, 0.1) is 37.8 Å².